The van der Waals surface area contributed by atoms with Crippen LogP contribution in [0.15, 0.2) is 45.9 Å². The molecule has 0 amide bonds. The summed E-state index contributed by atoms with van der Waals surface area (Å²) >= 11 is 3.44. The number of rotatable bonds is 9. The van der Waals surface area contributed by atoms with Gasteiger partial charge in [0.25, 0.3) is 11.2 Å². The van der Waals surface area contributed by atoms with Gasteiger partial charge in [0.1, 0.15) is 12.3 Å². The van der Waals surface area contributed by atoms with Gasteiger partial charge in [0.15, 0.2) is 0 Å². The van der Waals surface area contributed by atoms with Crippen LogP contribution in [-0.4, -0.2) is 69.0 Å². The van der Waals surface area contributed by atoms with Gasteiger partial charge in [-0.25, -0.2) is 9.48 Å². The molecule has 1 aliphatic carbocycles. The van der Waals surface area contributed by atoms with E-state index in [1.54, 1.807) is 37.1 Å². The van der Waals surface area contributed by atoms with Crippen molar-refractivity contribution in [2.75, 3.05) is 38.7 Å². The third-order valence-electron chi connectivity index (χ3n) is 7.73. The molecule has 1 aromatic carbocycles. The molecule has 3 aromatic rings. The van der Waals surface area contributed by atoms with E-state index in [9.17, 15) is 19.7 Å². The van der Waals surface area contributed by atoms with Crippen molar-refractivity contribution in [3.63, 3.8) is 0 Å². The van der Waals surface area contributed by atoms with E-state index in [1.165, 1.54) is 30.0 Å². The summed E-state index contributed by atoms with van der Waals surface area (Å²) in [4.78, 5) is 38.7. The molecule has 5 rings (SSSR count). The minimum atomic E-state index is -0.543. The monoisotopic (exact) mass is 614 g/mol. The van der Waals surface area contributed by atoms with Crippen LogP contribution in [0.4, 0.5) is 11.4 Å². The number of piperidine rings is 1. The molecule has 3 heterocycles. The SMILES string of the molecule is COC(=O)c1cc(-c2cnn(C)c2OCCN2CC3CCC(Nc4cc(Br)ccc4[N+](=O)[O-])(C3)C2)c(=O)n(C)c1. The molecule has 2 atom stereocenters. The fourth-order valence-corrected chi connectivity index (χ4v) is 6.32. The number of aromatic nitrogens is 3. The van der Waals surface area contributed by atoms with Crippen LogP contribution in [0, 0.1) is 16.0 Å². The number of aryl methyl sites for hydroxylation is 2. The van der Waals surface area contributed by atoms with Crippen LogP contribution < -0.4 is 15.6 Å². The molecule has 1 saturated heterocycles. The number of fused-ring (bicyclic) bond motifs is 2. The van der Waals surface area contributed by atoms with Crippen LogP contribution in [0.1, 0.15) is 29.6 Å². The number of nitro groups is 1. The predicted octanol–water partition coefficient (Wildman–Crippen LogP) is 3.59. The van der Waals surface area contributed by atoms with Crippen molar-refractivity contribution < 1.29 is 19.2 Å². The van der Waals surface area contributed by atoms with Gasteiger partial charge >= 0.3 is 5.97 Å². The summed E-state index contributed by atoms with van der Waals surface area (Å²) in [6, 6.07) is 6.46. The van der Waals surface area contributed by atoms with Gasteiger partial charge in [-0.2, -0.15) is 5.10 Å². The number of halogens is 1. The summed E-state index contributed by atoms with van der Waals surface area (Å²) in [6.45, 7) is 2.64. The Balaban J connectivity index is 1.30. The number of pyridine rings is 1. The molecule has 2 unspecified atom stereocenters. The summed E-state index contributed by atoms with van der Waals surface area (Å²) in [7, 11) is 4.60. The van der Waals surface area contributed by atoms with Gasteiger partial charge in [-0.05, 0) is 43.4 Å². The molecule has 13 heteroatoms. The van der Waals surface area contributed by atoms with Gasteiger partial charge < -0.3 is 19.4 Å². The molecule has 40 heavy (non-hydrogen) atoms. The number of carbonyl (C=O) groups excluding carboxylic acids is 1. The highest BCUT2D eigenvalue weighted by molar-refractivity contribution is 9.10. The number of benzene rings is 1. The molecule has 1 saturated carbocycles. The van der Waals surface area contributed by atoms with Crippen molar-refractivity contribution in [2.45, 2.75) is 24.8 Å². The lowest BCUT2D eigenvalue weighted by atomic mass is 9.90. The van der Waals surface area contributed by atoms with Crippen LogP contribution in [0.3, 0.4) is 0 Å². The van der Waals surface area contributed by atoms with Gasteiger partial charge in [-0.15, -0.1) is 0 Å². The van der Waals surface area contributed by atoms with Gasteiger partial charge in [0.2, 0.25) is 5.88 Å². The van der Waals surface area contributed by atoms with Crippen molar-refractivity contribution in [3.05, 3.63) is 67.2 Å². The van der Waals surface area contributed by atoms with Gasteiger partial charge in [-0.1, -0.05) is 15.9 Å². The summed E-state index contributed by atoms with van der Waals surface area (Å²) in [5.74, 6) is 0.374. The number of likely N-dealkylation sites (tertiary alicyclic amines) is 1. The van der Waals surface area contributed by atoms with Gasteiger partial charge in [-0.3, -0.25) is 19.8 Å². The largest absolute Gasteiger partial charge is 0.476 e. The Morgan fingerprint density at radius 3 is 2.85 bits per heavy atom. The number of nitrogens with zero attached hydrogens (tertiary/aromatic N) is 5. The zero-order valence-corrected chi connectivity index (χ0v) is 24.1. The normalized spacial score (nSPS) is 20.4. The smallest absolute Gasteiger partial charge is 0.339 e. The number of nitrogens with one attached hydrogen (secondary N) is 1. The first kappa shape index (κ1) is 27.8. The van der Waals surface area contributed by atoms with E-state index in [0.717, 1.165) is 36.8 Å². The second-order valence-corrected chi connectivity index (χ2v) is 11.5. The molecule has 2 fully saturated rings. The van der Waals surface area contributed by atoms with E-state index >= 15 is 0 Å². The van der Waals surface area contributed by atoms with Crippen LogP contribution in [-0.2, 0) is 18.8 Å². The molecule has 2 bridgehead atoms. The number of ether oxygens (including phenoxy) is 2. The minimum Gasteiger partial charge on any atom is -0.476 e. The van der Waals surface area contributed by atoms with E-state index in [1.807, 2.05) is 0 Å². The third-order valence-corrected chi connectivity index (χ3v) is 8.23. The number of hydrogen-bond acceptors (Lipinski definition) is 9. The third kappa shape index (κ3) is 5.48. The van der Waals surface area contributed by atoms with Crippen LogP contribution >= 0.6 is 15.9 Å². The maximum Gasteiger partial charge on any atom is 0.339 e. The molecule has 1 aliphatic heterocycles. The summed E-state index contributed by atoms with van der Waals surface area (Å²) in [6.07, 6.45) is 5.94. The molecule has 2 aromatic heterocycles. The fourth-order valence-electron chi connectivity index (χ4n) is 5.96. The first-order chi connectivity index (χ1) is 19.1. The quantitative estimate of drug-likeness (QED) is 0.218. The second-order valence-electron chi connectivity index (χ2n) is 10.6. The minimum absolute atomic E-state index is 0.0626. The van der Waals surface area contributed by atoms with E-state index in [2.05, 4.69) is 31.2 Å². The van der Waals surface area contributed by atoms with Crippen molar-refractivity contribution in [1.29, 1.82) is 0 Å². The number of carbonyl (C=O) groups is 1. The fraction of sp³-hybridized carbons (Fsp3) is 0.444. The first-order valence-electron chi connectivity index (χ1n) is 13.0. The molecule has 12 nitrogen and oxygen atoms in total. The molecule has 2 aliphatic rings. The molecule has 0 radical (unpaired) electrons. The highest BCUT2D eigenvalue weighted by Crippen LogP contribution is 2.43. The number of hydrogen-bond donors (Lipinski definition) is 1. The Morgan fingerprint density at radius 1 is 1.30 bits per heavy atom. The summed E-state index contributed by atoms with van der Waals surface area (Å²) in [5.41, 5.74) is 1.08. The van der Waals surface area contributed by atoms with Crippen molar-refractivity contribution >= 4 is 33.3 Å². The van der Waals surface area contributed by atoms with E-state index in [4.69, 9.17) is 9.47 Å². The molecular formula is C27H31BrN6O6. The first-order valence-corrected chi connectivity index (χ1v) is 13.8. The van der Waals surface area contributed by atoms with Crippen LogP contribution in [0.2, 0.25) is 0 Å². The van der Waals surface area contributed by atoms with Crippen LogP contribution in [0.25, 0.3) is 11.1 Å². The average Bonchev–Trinajstić information content (AvgIpc) is 3.42. The summed E-state index contributed by atoms with van der Waals surface area (Å²) in [5, 5.41) is 19.5. The van der Waals surface area contributed by atoms with Crippen molar-refractivity contribution in [2.24, 2.45) is 20.0 Å². The van der Waals surface area contributed by atoms with Crippen LogP contribution in [0.5, 0.6) is 5.88 Å². The zero-order valence-electron chi connectivity index (χ0n) is 22.6. The standard InChI is InChI=1S/C27H31BrN6O6/c1-31-15-18(26(36)39-3)10-20(24(31)35)21-13-29-32(2)25(21)40-9-8-33-14-17-6-7-27(12-17,16-33)30-22-11-19(28)4-5-23(22)34(37)38/h4-5,10-11,13,15,17,30H,6-9,12,14,16H2,1-3H3. The Hall–Kier alpha value is -3.71. The molecule has 1 N–H and O–H groups in total. The molecule has 212 valence electrons. The van der Waals surface area contributed by atoms with E-state index in [0.29, 0.717) is 41.8 Å². The topological polar surface area (TPSA) is 134 Å². The number of esters is 1. The lowest BCUT2D eigenvalue weighted by Gasteiger charge is -2.41. The molecule has 0 spiro atoms. The summed E-state index contributed by atoms with van der Waals surface area (Å²) < 4.78 is 14.7. The Morgan fingerprint density at radius 2 is 2.10 bits per heavy atom. The highest BCUT2D eigenvalue weighted by atomic mass is 79.9. The highest BCUT2D eigenvalue weighted by Gasteiger charge is 2.45. The van der Waals surface area contributed by atoms with E-state index < -0.39 is 5.97 Å². The zero-order chi connectivity index (χ0) is 28.6. The molecular weight excluding hydrogens is 584 g/mol. The van der Waals surface area contributed by atoms with Crippen molar-refractivity contribution in [1.82, 2.24) is 19.2 Å². The average molecular weight is 615 g/mol. The van der Waals surface area contributed by atoms with Gasteiger partial charge in [0.05, 0.1) is 40.5 Å². The Kier molecular flexibility index (Phi) is 7.69. The maximum absolute atomic E-state index is 12.9. The van der Waals surface area contributed by atoms with Gasteiger partial charge in [0, 0.05) is 50.5 Å². The number of methoxy groups -OCH3 is 1. The Bertz CT molecular complexity index is 1520. The number of anilines is 1. The van der Waals surface area contributed by atoms with Crippen molar-refractivity contribution in [3.8, 4) is 17.0 Å². The maximum atomic E-state index is 12.9. The lowest BCUT2D eigenvalue weighted by molar-refractivity contribution is -0.384. The van der Waals surface area contributed by atoms with E-state index in [-0.39, 0.29) is 27.3 Å². The second kappa shape index (κ2) is 11.0. The Labute approximate surface area is 239 Å². The predicted molar refractivity (Wildman–Crippen MR) is 152 cm³/mol. The number of nitro benzene ring substituents is 1. The lowest BCUT2D eigenvalue weighted by Crippen LogP contribution is -2.52.